The summed E-state index contributed by atoms with van der Waals surface area (Å²) in [6.07, 6.45) is 4.35. The van der Waals surface area contributed by atoms with E-state index in [1.165, 1.54) is 6.07 Å². The van der Waals surface area contributed by atoms with E-state index in [9.17, 15) is 14.3 Å². The Labute approximate surface area is 176 Å². The van der Waals surface area contributed by atoms with Crippen LogP contribution < -0.4 is 5.32 Å². The van der Waals surface area contributed by atoms with Crippen LogP contribution in [0.25, 0.3) is 10.7 Å². The molecule has 8 nitrogen and oxygen atoms in total. The Hall–Kier alpha value is -3.14. The molecule has 2 N–H and O–H groups in total. The van der Waals surface area contributed by atoms with Gasteiger partial charge in [0.1, 0.15) is 22.3 Å². The summed E-state index contributed by atoms with van der Waals surface area (Å²) >= 11 is 0.987. The smallest absolute Gasteiger partial charge is 0.353 e. The van der Waals surface area contributed by atoms with Gasteiger partial charge in [-0.3, -0.25) is 4.98 Å². The number of ether oxygens (including phenoxy) is 1. The number of carbonyl (C=O) groups is 1. The number of halogens is 1. The lowest BCUT2D eigenvalue weighted by Crippen LogP contribution is -2.42. The first kappa shape index (κ1) is 20.1. The molecule has 0 spiro atoms. The zero-order valence-electron chi connectivity index (χ0n) is 16.3. The summed E-state index contributed by atoms with van der Waals surface area (Å²) in [5.74, 6) is -0.770. The van der Waals surface area contributed by atoms with Crippen LogP contribution in [0.5, 0.6) is 5.88 Å². The summed E-state index contributed by atoms with van der Waals surface area (Å²) in [5, 5.41) is 21.7. The first-order chi connectivity index (χ1) is 14.5. The fourth-order valence-electron chi connectivity index (χ4n) is 3.43. The molecule has 0 radical (unpaired) electrons. The molecule has 3 heterocycles. The monoisotopic (exact) mass is 429 g/mol. The number of hydrogen-bond acceptors (Lipinski definition) is 9. The van der Waals surface area contributed by atoms with Gasteiger partial charge in [-0.2, -0.15) is 4.98 Å². The lowest BCUT2D eigenvalue weighted by Gasteiger charge is -2.41. The zero-order valence-corrected chi connectivity index (χ0v) is 17.1. The molecular weight excluding hydrogens is 409 g/mol. The van der Waals surface area contributed by atoms with E-state index in [4.69, 9.17) is 4.74 Å². The van der Waals surface area contributed by atoms with Crippen molar-refractivity contribution in [1.82, 2.24) is 20.2 Å². The van der Waals surface area contributed by atoms with Gasteiger partial charge >= 0.3 is 5.97 Å². The fourth-order valence-corrected chi connectivity index (χ4v) is 4.25. The van der Waals surface area contributed by atoms with Crippen LogP contribution in [0.15, 0.2) is 30.5 Å². The molecule has 1 fully saturated rings. The van der Waals surface area contributed by atoms with Gasteiger partial charge in [0.2, 0.25) is 5.88 Å². The van der Waals surface area contributed by atoms with E-state index in [-0.39, 0.29) is 28.6 Å². The van der Waals surface area contributed by atoms with Crippen LogP contribution in [-0.2, 0) is 10.2 Å². The number of carbonyl (C=O) groups excluding carboxylic acids is 1. The Morgan fingerprint density at radius 1 is 1.33 bits per heavy atom. The summed E-state index contributed by atoms with van der Waals surface area (Å²) in [5.41, 5.74) is 0.560. The lowest BCUT2D eigenvalue weighted by molar-refractivity contribution is 0.0528. The molecule has 4 rings (SSSR count). The van der Waals surface area contributed by atoms with Crippen LogP contribution in [-0.4, -0.2) is 44.4 Å². The highest BCUT2D eigenvalue weighted by Gasteiger charge is 2.41. The average molecular weight is 429 g/mol. The van der Waals surface area contributed by atoms with Crippen LogP contribution in [0.4, 0.5) is 10.2 Å². The molecule has 0 aromatic carbocycles. The first-order valence-electron chi connectivity index (χ1n) is 9.58. The van der Waals surface area contributed by atoms with Gasteiger partial charge in [0.25, 0.3) is 0 Å². The quantitative estimate of drug-likeness (QED) is 0.549. The molecular formula is C20H20FN5O3S. The highest BCUT2D eigenvalue weighted by Crippen LogP contribution is 2.43. The number of nitrogens with zero attached hydrogens (tertiary/aromatic N) is 4. The number of nitrogens with one attached hydrogen (secondary N) is 1. The Kier molecular flexibility index (Phi) is 5.58. The van der Waals surface area contributed by atoms with Gasteiger partial charge < -0.3 is 15.2 Å². The van der Waals surface area contributed by atoms with Crippen molar-refractivity contribution >= 4 is 23.1 Å². The molecule has 30 heavy (non-hydrogen) atoms. The molecule has 0 amide bonds. The predicted octanol–water partition coefficient (Wildman–Crippen LogP) is 3.55. The molecule has 1 saturated carbocycles. The SMILES string of the molecule is CCOC(=O)c1sc(-c2ccc(NCC3(c4ncccc4F)CCC3)nn2)nc1O. The molecule has 156 valence electrons. The van der Waals surface area contributed by atoms with Crippen molar-refractivity contribution in [3.63, 3.8) is 0 Å². The molecule has 0 saturated heterocycles. The van der Waals surface area contributed by atoms with Gasteiger partial charge in [-0.05, 0) is 44.0 Å². The Morgan fingerprint density at radius 3 is 2.80 bits per heavy atom. The van der Waals surface area contributed by atoms with Gasteiger partial charge in [0, 0.05) is 18.2 Å². The minimum Gasteiger partial charge on any atom is -0.492 e. The second-order valence-electron chi connectivity index (χ2n) is 7.02. The van der Waals surface area contributed by atoms with Gasteiger partial charge in [-0.15, -0.1) is 21.5 Å². The number of hydrogen-bond donors (Lipinski definition) is 2. The maximum absolute atomic E-state index is 14.2. The van der Waals surface area contributed by atoms with Crippen LogP contribution in [0.3, 0.4) is 0 Å². The van der Waals surface area contributed by atoms with E-state index in [0.29, 0.717) is 28.8 Å². The Balaban J connectivity index is 1.46. The van der Waals surface area contributed by atoms with E-state index in [0.717, 1.165) is 30.6 Å². The summed E-state index contributed by atoms with van der Waals surface area (Å²) in [7, 11) is 0. The lowest BCUT2D eigenvalue weighted by atomic mass is 9.66. The van der Waals surface area contributed by atoms with Crippen molar-refractivity contribution in [3.8, 4) is 16.6 Å². The van der Waals surface area contributed by atoms with Crippen molar-refractivity contribution in [2.75, 3.05) is 18.5 Å². The summed E-state index contributed by atoms with van der Waals surface area (Å²) in [4.78, 5) is 20.1. The Morgan fingerprint density at radius 2 is 2.17 bits per heavy atom. The number of rotatable bonds is 7. The normalized spacial score (nSPS) is 14.7. The topological polar surface area (TPSA) is 110 Å². The summed E-state index contributed by atoms with van der Waals surface area (Å²) in [6, 6.07) is 6.45. The standard InChI is InChI=1S/C20H20FN5O3S/c1-2-29-19(28)15-17(27)24-18(30-15)13-6-7-14(26-25-13)23-11-20(8-4-9-20)16-12(21)5-3-10-22-16/h3,5-7,10,27H,2,4,8-9,11H2,1H3,(H,23,26). The van der Waals surface area contributed by atoms with Crippen LogP contribution >= 0.6 is 11.3 Å². The molecule has 3 aromatic heterocycles. The van der Waals surface area contributed by atoms with Crippen LogP contribution in [0.2, 0.25) is 0 Å². The third-order valence-electron chi connectivity index (χ3n) is 5.13. The largest absolute Gasteiger partial charge is 0.492 e. The average Bonchev–Trinajstić information content (AvgIpc) is 3.11. The van der Waals surface area contributed by atoms with Gasteiger partial charge in [0.05, 0.1) is 12.3 Å². The fraction of sp³-hybridized carbons (Fsp3) is 0.350. The number of aromatic hydroxyl groups is 1. The summed E-state index contributed by atoms with van der Waals surface area (Å²) in [6.45, 7) is 2.39. The minimum absolute atomic E-state index is 0.0279. The number of thiazole rings is 1. The van der Waals surface area contributed by atoms with Gasteiger partial charge in [-0.1, -0.05) is 6.42 Å². The molecule has 0 unspecified atom stereocenters. The zero-order chi connectivity index (χ0) is 21.1. The van der Waals surface area contributed by atoms with Crippen molar-refractivity contribution in [2.24, 2.45) is 0 Å². The van der Waals surface area contributed by atoms with Crippen molar-refractivity contribution < 1.29 is 19.0 Å². The number of esters is 1. The molecule has 3 aromatic rings. The van der Waals surface area contributed by atoms with Crippen molar-refractivity contribution in [1.29, 1.82) is 0 Å². The first-order valence-corrected chi connectivity index (χ1v) is 10.4. The molecule has 1 aliphatic carbocycles. The van der Waals surface area contributed by atoms with Crippen LogP contribution in [0.1, 0.15) is 41.6 Å². The maximum Gasteiger partial charge on any atom is 0.353 e. The highest BCUT2D eigenvalue weighted by molar-refractivity contribution is 7.17. The third kappa shape index (κ3) is 3.82. The van der Waals surface area contributed by atoms with E-state index < -0.39 is 5.97 Å². The number of aromatic nitrogens is 4. The number of anilines is 1. The van der Waals surface area contributed by atoms with Gasteiger partial charge in [0.15, 0.2) is 4.88 Å². The van der Waals surface area contributed by atoms with Gasteiger partial charge in [-0.25, -0.2) is 9.18 Å². The summed E-state index contributed by atoms with van der Waals surface area (Å²) < 4.78 is 19.1. The molecule has 0 aliphatic heterocycles. The Bertz CT molecular complexity index is 1050. The highest BCUT2D eigenvalue weighted by atomic mass is 32.1. The van der Waals surface area contributed by atoms with E-state index in [1.807, 2.05) is 0 Å². The number of pyridine rings is 1. The molecule has 0 atom stereocenters. The minimum atomic E-state index is -0.627. The molecule has 0 bridgehead atoms. The van der Waals surface area contributed by atoms with E-state index in [1.54, 1.807) is 31.3 Å². The third-order valence-corrected chi connectivity index (χ3v) is 6.18. The van der Waals surface area contributed by atoms with E-state index >= 15 is 0 Å². The second kappa shape index (κ2) is 8.31. The molecule has 10 heteroatoms. The second-order valence-corrected chi connectivity index (χ2v) is 8.02. The van der Waals surface area contributed by atoms with Crippen molar-refractivity contribution in [2.45, 2.75) is 31.6 Å². The van der Waals surface area contributed by atoms with Crippen molar-refractivity contribution in [3.05, 3.63) is 46.9 Å². The molecule has 1 aliphatic rings. The van der Waals surface area contributed by atoms with E-state index in [2.05, 4.69) is 25.5 Å². The maximum atomic E-state index is 14.2. The van der Waals surface area contributed by atoms with Crippen LogP contribution in [0, 0.1) is 5.82 Å². The predicted molar refractivity (Wildman–Crippen MR) is 109 cm³/mol.